The van der Waals surface area contributed by atoms with Gasteiger partial charge in [0.25, 0.3) is 0 Å². The van der Waals surface area contributed by atoms with Crippen LogP contribution in [0.2, 0.25) is 0 Å². The number of carbonyl (C=O) groups is 2. The number of hydrogen-bond acceptors (Lipinski definition) is 4. The number of benzene rings is 2. The number of allylic oxidation sites excluding steroid dienone is 2. The first-order valence-electron chi connectivity index (χ1n) is 6.47. The van der Waals surface area contributed by atoms with E-state index in [1.54, 1.807) is 48.5 Å². The van der Waals surface area contributed by atoms with Gasteiger partial charge >= 0.3 is 0 Å². The van der Waals surface area contributed by atoms with Gasteiger partial charge in [-0.3, -0.25) is 9.59 Å². The van der Waals surface area contributed by atoms with Crippen LogP contribution in [0.25, 0.3) is 0 Å². The molecule has 1 aliphatic carbocycles. The molecule has 106 valence electrons. The van der Waals surface area contributed by atoms with Gasteiger partial charge in [-0.15, -0.1) is 0 Å². The molecule has 3 rings (SSSR count). The molecule has 0 saturated carbocycles. The summed E-state index contributed by atoms with van der Waals surface area (Å²) >= 11 is 6.06. The van der Waals surface area contributed by atoms with E-state index in [9.17, 15) is 9.59 Å². The lowest BCUT2D eigenvalue weighted by Crippen LogP contribution is -2.24. The Morgan fingerprint density at radius 3 is 2.09 bits per heavy atom. The molecule has 22 heavy (non-hydrogen) atoms. The summed E-state index contributed by atoms with van der Waals surface area (Å²) in [4.78, 5) is 24.7. The van der Waals surface area contributed by atoms with E-state index < -0.39 is 0 Å². The van der Waals surface area contributed by atoms with Crippen LogP contribution in [-0.2, 0) is 0 Å². The average Bonchev–Trinajstić information content (AvgIpc) is 2.57. The van der Waals surface area contributed by atoms with Gasteiger partial charge in [-0.2, -0.15) is 5.26 Å². The third-order valence-corrected chi connectivity index (χ3v) is 3.71. The van der Waals surface area contributed by atoms with Crippen LogP contribution in [0.1, 0.15) is 26.3 Å². The number of nitrogens with zero attached hydrogens (tertiary/aromatic N) is 1. The van der Waals surface area contributed by atoms with Crippen LogP contribution in [-0.4, -0.2) is 11.6 Å². The zero-order valence-electron chi connectivity index (χ0n) is 11.3. The first-order chi connectivity index (χ1) is 10.6. The van der Waals surface area contributed by atoms with E-state index in [1.807, 2.05) is 6.07 Å². The predicted molar refractivity (Wildman–Crippen MR) is 82.8 cm³/mol. The van der Waals surface area contributed by atoms with Gasteiger partial charge < -0.3 is 5.32 Å². The number of carbonyl (C=O) groups excluding carboxylic acids is 2. The normalized spacial score (nSPS) is 13.6. The standard InChI is InChI=1S/C17H9ClN2O2/c18-14-15(20-11-7-5-10(9-19)6-8-11)17(22)13-4-2-1-3-12(13)16(14)21/h1-8,20H. The molecule has 1 N–H and O–H groups in total. The molecule has 4 nitrogen and oxygen atoms in total. The van der Waals surface area contributed by atoms with Crippen molar-refractivity contribution in [2.24, 2.45) is 0 Å². The van der Waals surface area contributed by atoms with Gasteiger partial charge in [0.1, 0.15) is 10.7 Å². The lowest BCUT2D eigenvalue weighted by atomic mass is 9.92. The number of nitrogens with one attached hydrogen (secondary N) is 1. The number of Topliss-reactive ketones (excluding diaryl/α,β-unsaturated/α-hetero) is 2. The summed E-state index contributed by atoms with van der Waals surface area (Å²) in [5, 5.41) is 11.5. The minimum Gasteiger partial charge on any atom is -0.351 e. The molecule has 0 aliphatic heterocycles. The molecule has 0 bridgehead atoms. The van der Waals surface area contributed by atoms with Crippen LogP contribution in [0.3, 0.4) is 0 Å². The van der Waals surface area contributed by atoms with Gasteiger partial charge in [0, 0.05) is 16.8 Å². The fourth-order valence-electron chi connectivity index (χ4n) is 2.23. The third-order valence-electron chi connectivity index (χ3n) is 3.35. The van der Waals surface area contributed by atoms with Gasteiger partial charge in [0.2, 0.25) is 11.6 Å². The molecule has 0 aromatic heterocycles. The van der Waals surface area contributed by atoms with E-state index in [0.29, 0.717) is 22.4 Å². The molecule has 0 heterocycles. The van der Waals surface area contributed by atoms with Crippen molar-refractivity contribution in [1.82, 2.24) is 0 Å². The molecule has 0 saturated heterocycles. The van der Waals surface area contributed by atoms with Crippen molar-refractivity contribution in [3.8, 4) is 6.07 Å². The Bertz CT molecular complexity index is 861. The molecule has 0 atom stereocenters. The Balaban J connectivity index is 2.00. The summed E-state index contributed by atoms with van der Waals surface area (Å²) in [6.07, 6.45) is 0. The number of hydrogen-bond donors (Lipinski definition) is 1. The number of rotatable bonds is 2. The highest BCUT2D eigenvalue weighted by Crippen LogP contribution is 2.29. The fraction of sp³-hybridized carbons (Fsp3) is 0. The van der Waals surface area contributed by atoms with Crippen molar-refractivity contribution in [3.63, 3.8) is 0 Å². The van der Waals surface area contributed by atoms with Crippen molar-refractivity contribution >= 4 is 28.9 Å². The minimum absolute atomic E-state index is 0.0510. The van der Waals surface area contributed by atoms with Gasteiger partial charge in [-0.05, 0) is 24.3 Å². The van der Waals surface area contributed by atoms with Gasteiger partial charge in [-0.25, -0.2) is 0 Å². The number of fused-ring (bicyclic) bond motifs is 1. The molecule has 1 aliphatic rings. The van der Waals surface area contributed by atoms with Crippen molar-refractivity contribution < 1.29 is 9.59 Å². The summed E-state index contributed by atoms with van der Waals surface area (Å²) in [6, 6.07) is 15.1. The van der Waals surface area contributed by atoms with E-state index in [-0.39, 0.29) is 22.3 Å². The molecule has 0 radical (unpaired) electrons. The first-order valence-corrected chi connectivity index (χ1v) is 6.85. The predicted octanol–water partition coefficient (Wildman–Crippen LogP) is 3.50. The number of nitriles is 1. The van der Waals surface area contributed by atoms with E-state index in [2.05, 4.69) is 5.32 Å². The van der Waals surface area contributed by atoms with E-state index in [1.165, 1.54) is 0 Å². The lowest BCUT2D eigenvalue weighted by molar-refractivity contribution is 0.0982. The monoisotopic (exact) mass is 308 g/mol. The lowest BCUT2D eigenvalue weighted by Gasteiger charge is -2.18. The molecular weight excluding hydrogens is 300 g/mol. The molecular formula is C17H9ClN2O2. The number of anilines is 1. The summed E-state index contributed by atoms with van der Waals surface area (Å²) in [5.41, 5.74) is 1.76. The Kier molecular flexibility index (Phi) is 3.50. The van der Waals surface area contributed by atoms with Gasteiger partial charge in [0.05, 0.1) is 11.6 Å². The average molecular weight is 309 g/mol. The summed E-state index contributed by atoms with van der Waals surface area (Å²) in [7, 11) is 0. The smallest absolute Gasteiger partial charge is 0.211 e. The molecule has 2 aromatic carbocycles. The quantitative estimate of drug-likeness (QED) is 0.921. The Morgan fingerprint density at radius 2 is 1.50 bits per heavy atom. The topological polar surface area (TPSA) is 70.0 Å². The maximum atomic E-state index is 12.5. The van der Waals surface area contributed by atoms with Crippen molar-refractivity contribution in [2.75, 3.05) is 5.32 Å². The van der Waals surface area contributed by atoms with Gasteiger partial charge in [0.15, 0.2) is 0 Å². The van der Waals surface area contributed by atoms with E-state index >= 15 is 0 Å². The summed E-state index contributed by atoms with van der Waals surface area (Å²) < 4.78 is 0. The Morgan fingerprint density at radius 1 is 0.909 bits per heavy atom. The maximum Gasteiger partial charge on any atom is 0.211 e. The molecule has 0 unspecified atom stereocenters. The van der Waals surface area contributed by atoms with Crippen LogP contribution in [0.15, 0.2) is 59.3 Å². The second-order valence-corrected chi connectivity index (χ2v) is 5.08. The highest BCUT2D eigenvalue weighted by molar-refractivity contribution is 6.50. The highest BCUT2D eigenvalue weighted by Gasteiger charge is 2.31. The largest absolute Gasteiger partial charge is 0.351 e. The summed E-state index contributed by atoms with van der Waals surface area (Å²) in [6.45, 7) is 0. The SMILES string of the molecule is N#Cc1ccc(NC2=C(Cl)C(=O)c3ccccc3C2=O)cc1. The van der Waals surface area contributed by atoms with Crippen molar-refractivity contribution in [2.45, 2.75) is 0 Å². The van der Waals surface area contributed by atoms with Crippen LogP contribution < -0.4 is 5.32 Å². The molecule has 5 heteroatoms. The molecule has 2 aromatic rings. The number of ketones is 2. The zero-order valence-corrected chi connectivity index (χ0v) is 12.0. The van der Waals surface area contributed by atoms with Crippen molar-refractivity contribution in [1.29, 1.82) is 5.26 Å². The second-order valence-electron chi connectivity index (χ2n) is 4.71. The summed E-state index contributed by atoms with van der Waals surface area (Å²) in [5.74, 6) is -0.711. The first kappa shape index (κ1) is 14.1. The number of halogens is 1. The van der Waals surface area contributed by atoms with Crippen molar-refractivity contribution in [3.05, 3.63) is 76.0 Å². The van der Waals surface area contributed by atoms with E-state index in [4.69, 9.17) is 16.9 Å². The zero-order chi connectivity index (χ0) is 15.7. The minimum atomic E-state index is -0.381. The Hall–Kier alpha value is -2.90. The van der Waals surface area contributed by atoms with Crippen LogP contribution in [0.5, 0.6) is 0 Å². The second kappa shape index (κ2) is 5.47. The van der Waals surface area contributed by atoms with Crippen LogP contribution >= 0.6 is 11.6 Å². The van der Waals surface area contributed by atoms with Gasteiger partial charge in [-0.1, -0.05) is 35.9 Å². The fourth-order valence-corrected chi connectivity index (χ4v) is 2.46. The molecule has 0 fully saturated rings. The molecule has 0 amide bonds. The van der Waals surface area contributed by atoms with E-state index in [0.717, 1.165) is 0 Å². The maximum absolute atomic E-state index is 12.5. The van der Waals surface area contributed by atoms with Crippen LogP contribution in [0, 0.1) is 11.3 Å². The molecule has 0 spiro atoms. The highest BCUT2D eigenvalue weighted by atomic mass is 35.5. The third kappa shape index (κ3) is 2.28. The Labute approximate surface area is 131 Å². The van der Waals surface area contributed by atoms with Crippen LogP contribution in [0.4, 0.5) is 5.69 Å².